The van der Waals surface area contributed by atoms with Crippen molar-refractivity contribution < 1.29 is 4.74 Å². The Morgan fingerprint density at radius 3 is 2.73 bits per heavy atom. The summed E-state index contributed by atoms with van der Waals surface area (Å²) in [7, 11) is 1.76. The van der Waals surface area contributed by atoms with E-state index in [9.17, 15) is 5.26 Å². The van der Waals surface area contributed by atoms with Gasteiger partial charge in [0, 0.05) is 18.8 Å². The number of anilines is 2. The Kier molecular flexibility index (Phi) is 4.99. The molecule has 0 radical (unpaired) electrons. The molecule has 6 heteroatoms. The first kappa shape index (κ1) is 17.2. The molecule has 0 aliphatic heterocycles. The van der Waals surface area contributed by atoms with Crippen molar-refractivity contribution in [3.8, 4) is 23.1 Å². The summed E-state index contributed by atoms with van der Waals surface area (Å²) in [5.41, 5.74) is 10.6. The quantitative estimate of drug-likeness (QED) is 0.734. The van der Waals surface area contributed by atoms with Gasteiger partial charge in [0.2, 0.25) is 0 Å². The number of aryl methyl sites for hydroxylation is 1. The van der Waals surface area contributed by atoms with Crippen LogP contribution in [0.4, 0.5) is 11.4 Å². The average molecular weight is 345 g/mol. The maximum atomic E-state index is 9.24. The fourth-order valence-corrected chi connectivity index (χ4v) is 2.60. The van der Waals surface area contributed by atoms with Crippen molar-refractivity contribution in [1.82, 2.24) is 9.97 Å². The van der Waals surface area contributed by atoms with Crippen LogP contribution in [-0.4, -0.2) is 17.0 Å². The van der Waals surface area contributed by atoms with E-state index in [1.165, 1.54) is 0 Å². The molecular weight excluding hydrogens is 326 g/mol. The monoisotopic (exact) mass is 345 g/mol. The summed E-state index contributed by atoms with van der Waals surface area (Å²) in [6.45, 7) is 2.38. The molecule has 0 aliphatic carbocycles. The molecule has 0 unspecified atom stereocenters. The van der Waals surface area contributed by atoms with Gasteiger partial charge in [-0.15, -0.1) is 0 Å². The maximum absolute atomic E-state index is 9.24. The lowest BCUT2D eigenvalue weighted by Gasteiger charge is -2.12. The van der Waals surface area contributed by atoms with Gasteiger partial charge in [-0.1, -0.05) is 6.07 Å². The molecule has 0 atom stereocenters. The number of nitrogens with two attached hydrogens (primary N) is 1. The summed E-state index contributed by atoms with van der Waals surface area (Å²) >= 11 is 0. The van der Waals surface area contributed by atoms with Crippen molar-refractivity contribution in [1.29, 1.82) is 5.26 Å². The highest BCUT2D eigenvalue weighted by Gasteiger charge is 2.11. The smallest absolute Gasteiger partial charge is 0.166 e. The summed E-state index contributed by atoms with van der Waals surface area (Å²) in [6, 6.07) is 15.4. The van der Waals surface area contributed by atoms with Gasteiger partial charge in [0.05, 0.1) is 22.8 Å². The van der Waals surface area contributed by atoms with E-state index in [1.54, 1.807) is 13.2 Å². The number of aromatic nitrogens is 2. The highest BCUT2D eigenvalue weighted by Crippen LogP contribution is 2.30. The molecule has 1 aromatic carbocycles. The Bertz CT molecular complexity index is 964. The molecule has 0 saturated carbocycles. The molecule has 0 aliphatic rings. The number of rotatable bonds is 5. The lowest BCUT2D eigenvalue weighted by atomic mass is 10.1. The first-order valence-electron chi connectivity index (χ1n) is 8.14. The number of nitrogens with one attached hydrogen (secondary N) is 1. The second-order valence-electron chi connectivity index (χ2n) is 5.77. The molecule has 3 rings (SSSR count). The molecule has 3 aromatic rings. The Hall–Kier alpha value is -3.59. The van der Waals surface area contributed by atoms with E-state index in [0.29, 0.717) is 23.7 Å². The largest absolute Gasteiger partial charge is 0.487 e. The second kappa shape index (κ2) is 7.53. The van der Waals surface area contributed by atoms with Gasteiger partial charge in [0.15, 0.2) is 5.69 Å². The van der Waals surface area contributed by atoms with Crippen molar-refractivity contribution in [2.75, 3.05) is 18.1 Å². The van der Waals surface area contributed by atoms with Crippen LogP contribution in [0.25, 0.3) is 11.3 Å². The van der Waals surface area contributed by atoms with Crippen molar-refractivity contribution in [3.63, 3.8) is 0 Å². The first-order valence-corrected chi connectivity index (χ1v) is 8.14. The van der Waals surface area contributed by atoms with E-state index in [2.05, 4.69) is 15.3 Å². The van der Waals surface area contributed by atoms with Gasteiger partial charge < -0.3 is 15.8 Å². The zero-order chi connectivity index (χ0) is 18.5. The number of ether oxygens (including phenoxy) is 1. The van der Waals surface area contributed by atoms with Gasteiger partial charge in [-0.2, -0.15) is 5.26 Å². The molecule has 130 valence electrons. The molecule has 6 nitrogen and oxygen atoms in total. The van der Waals surface area contributed by atoms with Gasteiger partial charge in [0.1, 0.15) is 18.4 Å². The predicted octanol–water partition coefficient (Wildman–Crippen LogP) is 3.53. The van der Waals surface area contributed by atoms with E-state index in [4.69, 9.17) is 10.5 Å². The minimum Gasteiger partial charge on any atom is -0.487 e. The molecule has 2 heterocycles. The highest BCUT2D eigenvalue weighted by molar-refractivity contribution is 5.77. The van der Waals surface area contributed by atoms with Crippen LogP contribution in [0.5, 0.6) is 5.75 Å². The molecule has 2 aromatic heterocycles. The van der Waals surface area contributed by atoms with Gasteiger partial charge in [-0.05, 0) is 48.9 Å². The van der Waals surface area contributed by atoms with Crippen LogP contribution in [0, 0.1) is 18.3 Å². The SMILES string of the molecule is CNc1cc(-c2ccc(OCc3ccccn3)c(C)c2)nc(C#N)c1N. The Labute approximate surface area is 152 Å². The predicted molar refractivity (Wildman–Crippen MR) is 102 cm³/mol. The average Bonchev–Trinajstić information content (AvgIpc) is 2.68. The van der Waals surface area contributed by atoms with E-state index in [0.717, 1.165) is 22.6 Å². The van der Waals surface area contributed by atoms with E-state index < -0.39 is 0 Å². The van der Waals surface area contributed by atoms with Crippen molar-refractivity contribution in [2.24, 2.45) is 0 Å². The molecular formula is C20H19N5O. The highest BCUT2D eigenvalue weighted by atomic mass is 16.5. The zero-order valence-corrected chi connectivity index (χ0v) is 14.7. The minimum absolute atomic E-state index is 0.208. The molecule has 0 spiro atoms. The third kappa shape index (κ3) is 3.57. The third-order valence-corrected chi connectivity index (χ3v) is 4.01. The molecule has 0 fully saturated rings. The summed E-state index contributed by atoms with van der Waals surface area (Å²) in [5.74, 6) is 0.782. The molecule has 0 amide bonds. The minimum atomic E-state index is 0.208. The van der Waals surface area contributed by atoms with Crippen LogP contribution in [0.3, 0.4) is 0 Å². The van der Waals surface area contributed by atoms with Crippen LogP contribution in [0.2, 0.25) is 0 Å². The maximum Gasteiger partial charge on any atom is 0.166 e. The van der Waals surface area contributed by atoms with E-state index >= 15 is 0 Å². The molecule has 0 bridgehead atoms. The molecule has 26 heavy (non-hydrogen) atoms. The van der Waals surface area contributed by atoms with Crippen molar-refractivity contribution in [2.45, 2.75) is 13.5 Å². The Morgan fingerprint density at radius 1 is 1.23 bits per heavy atom. The Balaban J connectivity index is 1.87. The van der Waals surface area contributed by atoms with Crippen LogP contribution >= 0.6 is 0 Å². The Morgan fingerprint density at radius 2 is 2.08 bits per heavy atom. The van der Waals surface area contributed by atoms with Crippen molar-refractivity contribution in [3.05, 3.63) is 65.6 Å². The number of nitrogen functional groups attached to an aromatic ring is 1. The number of pyridine rings is 2. The molecule has 3 N–H and O–H groups in total. The zero-order valence-electron chi connectivity index (χ0n) is 14.7. The number of hydrogen-bond donors (Lipinski definition) is 2. The van der Waals surface area contributed by atoms with Crippen LogP contribution < -0.4 is 15.8 Å². The molecule has 0 saturated heterocycles. The normalized spacial score (nSPS) is 10.2. The standard InChI is InChI=1S/C20H19N5O/c1-13-9-14(16-10-17(23-2)20(22)18(11-21)25-16)6-7-19(13)26-12-15-5-3-4-8-24-15/h3-10H,12,22H2,1-2H3,(H,23,25). The number of nitriles is 1. The van der Waals surface area contributed by atoms with Crippen LogP contribution in [0.15, 0.2) is 48.7 Å². The summed E-state index contributed by atoms with van der Waals surface area (Å²) in [5, 5.41) is 12.2. The summed E-state index contributed by atoms with van der Waals surface area (Å²) in [4.78, 5) is 8.61. The topological polar surface area (TPSA) is 96.8 Å². The third-order valence-electron chi connectivity index (χ3n) is 4.01. The van der Waals surface area contributed by atoms with Gasteiger partial charge >= 0.3 is 0 Å². The lowest BCUT2D eigenvalue weighted by Crippen LogP contribution is -2.02. The van der Waals surface area contributed by atoms with Gasteiger partial charge in [-0.3, -0.25) is 4.98 Å². The first-order chi connectivity index (χ1) is 12.6. The van der Waals surface area contributed by atoms with Gasteiger partial charge in [0.25, 0.3) is 0 Å². The summed E-state index contributed by atoms with van der Waals surface area (Å²) in [6.07, 6.45) is 1.74. The fraction of sp³-hybridized carbons (Fsp3) is 0.150. The lowest BCUT2D eigenvalue weighted by molar-refractivity contribution is 0.299. The van der Waals surface area contributed by atoms with E-state index in [-0.39, 0.29) is 5.69 Å². The van der Waals surface area contributed by atoms with Crippen molar-refractivity contribution >= 4 is 11.4 Å². The number of benzene rings is 1. The van der Waals surface area contributed by atoms with Crippen LogP contribution in [-0.2, 0) is 6.61 Å². The van der Waals surface area contributed by atoms with Gasteiger partial charge in [-0.25, -0.2) is 4.98 Å². The fourth-order valence-electron chi connectivity index (χ4n) is 2.60. The van der Waals surface area contributed by atoms with E-state index in [1.807, 2.05) is 55.5 Å². The van der Waals surface area contributed by atoms with Crippen LogP contribution in [0.1, 0.15) is 17.0 Å². The number of nitrogens with zero attached hydrogens (tertiary/aromatic N) is 3. The summed E-state index contributed by atoms with van der Waals surface area (Å²) < 4.78 is 5.86. The second-order valence-corrected chi connectivity index (χ2v) is 5.77. The number of hydrogen-bond acceptors (Lipinski definition) is 6.